The van der Waals surface area contributed by atoms with Crippen LogP contribution in [0.5, 0.6) is 5.75 Å². The van der Waals surface area contributed by atoms with Gasteiger partial charge in [0.15, 0.2) is 5.78 Å². The maximum absolute atomic E-state index is 12.4. The van der Waals surface area contributed by atoms with Crippen LogP contribution >= 0.6 is 0 Å². The minimum atomic E-state index is -0.0297. The molecule has 0 heterocycles. The summed E-state index contributed by atoms with van der Waals surface area (Å²) in [5.41, 5.74) is 2.16. The summed E-state index contributed by atoms with van der Waals surface area (Å²) in [7, 11) is 0. The van der Waals surface area contributed by atoms with E-state index in [1.54, 1.807) is 24.3 Å². The van der Waals surface area contributed by atoms with Crippen molar-refractivity contribution in [1.82, 2.24) is 0 Å². The van der Waals surface area contributed by atoms with Gasteiger partial charge in [0.1, 0.15) is 12.4 Å². The quantitative estimate of drug-likeness (QED) is 0.596. The Kier molecular flexibility index (Phi) is 4.14. The Balaban J connectivity index is 2.29. The third-order valence-corrected chi connectivity index (χ3v) is 2.64. The number of carbonyl (C=O) groups is 1. The highest BCUT2D eigenvalue weighted by Gasteiger charge is 2.13. The van der Waals surface area contributed by atoms with E-state index in [0.29, 0.717) is 23.5 Å². The van der Waals surface area contributed by atoms with E-state index in [1.165, 1.54) is 0 Å². The van der Waals surface area contributed by atoms with Crippen LogP contribution in [0.4, 0.5) is 0 Å². The second-order valence-corrected chi connectivity index (χ2v) is 4.44. The Bertz CT molecular complexity index is 585. The molecule has 0 aliphatic carbocycles. The highest BCUT2D eigenvalue weighted by molar-refractivity contribution is 6.10. The molecule has 0 unspecified atom stereocenters. The monoisotopic (exact) mass is 252 g/mol. The number of ketones is 1. The van der Waals surface area contributed by atoms with E-state index in [9.17, 15) is 4.79 Å². The van der Waals surface area contributed by atoms with Gasteiger partial charge in [-0.1, -0.05) is 49.0 Å². The van der Waals surface area contributed by atoms with Gasteiger partial charge in [0, 0.05) is 5.56 Å². The average molecular weight is 252 g/mol. The first-order chi connectivity index (χ1) is 9.18. The molecule has 0 spiro atoms. The van der Waals surface area contributed by atoms with Crippen LogP contribution < -0.4 is 4.74 Å². The van der Waals surface area contributed by atoms with Crippen LogP contribution in [-0.4, -0.2) is 12.4 Å². The van der Waals surface area contributed by atoms with E-state index in [-0.39, 0.29) is 5.78 Å². The van der Waals surface area contributed by atoms with Crippen molar-refractivity contribution >= 4 is 5.78 Å². The van der Waals surface area contributed by atoms with E-state index in [4.69, 9.17) is 4.74 Å². The molecule has 0 amide bonds. The zero-order chi connectivity index (χ0) is 13.7. The fraction of sp³-hybridized carbons (Fsp3) is 0.118. The molecular weight excluding hydrogens is 236 g/mol. The van der Waals surface area contributed by atoms with Gasteiger partial charge in [-0.25, -0.2) is 0 Å². The third kappa shape index (κ3) is 3.32. The van der Waals surface area contributed by atoms with Crippen LogP contribution in [0.15, 0.2) is 66.7 Å². The summed E-state index contributed by atoms with van der Waals surface area (Å²) in [4.78, 5) is 12.4. The fourth-order valence-electron chi connectivity index (χ4n) is 1.73. The van der Waals surface area contributed by atoms with Crippen molar-refractivity contribution in [2.24, 2.45) is 0 Å². The van der Waals surface area contributed by atoms with Crippen molar-refractivity contribution in [3.8, 4) is 5.75 Å². The van der Waals surface area contributed by atoms with E-state index >= 15 is 0 Å². The van der Waals surface area contributed by atoms with Gasteiger partial charge < -0.3 is 4.74 Å². The first-order valence-electron chi connectivity index (χ1n) is 6.14. The lowest BCUT2D eigenvalue weighted by Crippen LogP contribution is -2.06. The minimum Gasteiger partial charge on any atom is -0.489 e. The Morgan fingerprint density at radius 2 is 1.68 bits per heavy atom. The van der Waals surface area contributed by atoms with Gasteiger partial charge in [-0.05, 0) is 24.6 Å². The Morgan fingerprint density at radius 3 is 2.37 bits per heavy atom. The minimum absolute atomic E-state index is 0.0297. The van der Waals surface area contributed by atoms with Crippen LogP contribution in [0.3, 0.4) is 0 Å². The van der Waals surface area contributed by atoms with Gasteiger partial charge in [0.05, 0.1) is 5.56 Å². The summed E-state index contributed by atoms with van der Waals surface area (Å²) in [6.07, 6.45) is 0. The SMILES string of the molecule is C=C(C)COc1ccccc1C(=O)c1ccccc1. The van der Waals surface area contributed by atoms with Crippen molar-refractivity contribution in [1.29, 1.82) is 0 Å². The van der Waals surface area contributed by atoms with Gasteiger partial charge in [-0.2, -0.15) is 0 Å². The maximum atomic E-state index is 12.4. The molecule has 0 saturated heterocycles. The molecule has 0 fully saturated rings. The summed E-state index contributed by atoms with van der Waals surface area (Å²) in [5.74, 6) is 0.567. The average Bonchev–Trinajstić information content (AvgIpc) is 2.45. The largest absolute Gasteiger partial charge is 0.489 e. The van der Waals surface area contributed by atoms with Gasteiger partial charge in [-0.15, -0.1) is 0 Å². The molecule has 0 aliphatic heterocycles. The first-order valence-corrected chi connectivity index (χ1v) is 6.14. The Morgan fingerprint density at radius 1 is 1.05 bits per heavy atom. The summed E-state index contributed by atoms with van der Waals surface area (Å²) >= 11 is 0. The van der Waals surface area contributed by atoms with E-state index in [0.717, 1.165) is 5.57 Å². The fourth-order valence-corrected chi connectivity index (χ4v) is 1.73. The smallest absolute Gasteiger partial charge is 0.196 e. The number of rotatable bonds is 5. The number of carbonyl (C=O) groups excluding carboxylic acids is 1. The van der Waals surface area contributed by atoms with Gasteiger partial charge in [0.25, 0.3) is 0 Å². The molecule has 0 radical (unpaired) electrons. The third-order valence-electron chi connectivity index (χ3n) is 2.64. The standard InChI is InChI=1S/C17H16O2/c1-13(2)12-19-16-11-7-6-10-15(16)17(18)14-8-4-3-5-9-14/h3-11H,1,12H2,2H3. The molecule has 0 aliphatic rings. The zero-order valence-electron chi connectivity index (χ0n) is 10.9. The number of ether oxygens (including phenoxy) is 1. The zero-order valence-corrected chi connectivity index (χ0v) is 10.9. The molecule has 2 rings (SSSR count). The van der Waals surface area contributed by atoms with Gasteiger partial charge in [-0.3, -0.25) is 4.79 Å². The first kappa shape index (κ1) is 13.1. The maximum Gasteiger partial charge on any atom is 0.196 e. The van der Waals surface area contributed by atoms with Crippen molar-refractivity contribution in [3.63, 3.8) is 0 Å². The van der Waals surface area contributed by atoms with Crippen LogP contribution in [0.1, 0.15) is 22.8 Å². The lowest BCUT2D eigenvalue weighted by atomic mass is 10.0. The van der Waals surface area contributed by atoms with E-state index in [2.05, 4.69) is 6.58 Å². The number of hydrogen-bond donors (Lipinski definition) is 0. The lowest BCUT2D eigenvalue weighted by molar-refractivity contribution is 0.103. The Hall–Kier alpha value is -2.35. The summed E-state index contributed by atoms with van der Waals surface area (Å²) in [5, 5.41) is 0. The second kappa shape index (κ2) is 6.01. The molecular formula is C17H16O2. The molecule has 19 heavy (non-hydrogen) atoms. The predicted octanol–water partition coefficient (Wildman–Crippen LogP) is 3.87. The highest BCUT2D eigenvalue weighted by atomic mass is 16.5. The molecule has 0 atom stereocenters. The molecule has 2 nitrogen and oxygen atoms in total. The van der Waals surface area contributed by atoms with Crippen molar-refractivity contribution in [3.05, 3.63) is 77.9 Å². The summed E-state index contributed by atoms with van der Waals surface area (Å²) in [6, 6.07) is 16.5. The molecule has 0 N–H and O–H groups in total. The summed E-state index contributed by atoms with van der Waals surface area (Å²) < 4.78 is 5.62. The molecule has 0 aromatic heterocycles. The lowest BCUT2D eigenvalue weighted by Gasteiger charge is -2.10. The van der Waals surface area contributed by atoms with Gasteiger partial charge >= 0.3 is 0 Å². The number of benzene rings is 2. The van der Waals surface area contributed by atoms with Crippen LogP contribution in [0.2, 0.25) is 0 Å². The highest BCUT2D eigenvalue weighted by Crippen LogP contribution is 2.21. The molecule has 2 aromatic rings. The Labute approximate surface area is 113 Å². The molecule has 2 aromatic carbocycles. The van der Waals surface area contributed by atoms with Gasteiger partial charge in [0.2, 0.25) is 0 Å². The van der Waals surface area contributed by atoms with Crippen LogP contribution in [0, 0.1) is 0 Å². The normalized spacial score (nSPS) is 9.95. The molecule has 0 saturated carbocycles. The van der Waals surface area contributed by atoms with Crippen molar-refractivity contribution in [2.75, 3.05) is 6.61 Å². The van der Waals surface area contributed by atoms with E-state index < -0.39 is 0 Å². The number of hydrogen-bond acceptors (Lipinski definition) is 2. The number of para-hydroxylation sites is 1. The predicted molar refractivity (Wildman–Crippen MR) is 76.6 cm³/mol. The second-order valence-electron chi connectivity index (χ2n) is 4.44. The van der Waals surface area contributed by atoms with Crippen LogP contribution in [0.25, 0.3) is 0 Å². The van der Waals surface area contributed by atoms with Crippen molar-refractivity contribution in [2.45, 2.75) is 6.92 Å². The molecule has 2 heteroatoms. The topological polar surface area (TPSA) is 26.3 Å². The van der Waals surface area contributed by atoms with Crippen LogP contribution in [-0.2, 0) is 0 Å². The van der Waals surface area contributed by atoms with E-state index in [1.807, 2.05) is 37.3 Å². The summed E-state index contributed by atoms with van der Waals surface area (Å²) in [6.45, 7) is 6.10. The van der Waals surface area contributed by atoms with Crippen molar-refractivity contribution < 1.29 is 9.53 Å². The molecule has 96 valence electrons. The molecule has 0 bridgehead atoms.